The van der Waals surface area contributed by atoms with Gasteiger partial charge in [-0.2, -0.15) is 0 Å². The molecule has 2 amide bonds. The van der Waals surface area contributed by atoms with Crippen LogP contribution >= 0.6 is 39.0 Å². The summed E-state index contributed by atoms with van der Waals surface area (Å²) in [6.07, 6.45) is -0.287. The number of hydrogen-bond acceptors (Lipinski definition) is 6. The van der Waals surface area contributed by atoms with Crippen LogP contribution in [0, 0.1) is 0 Å². The first kappa shape index (κ1) is 23.0. The number of amides is 2. The van der Waals surface area contributed by atoms with Gasteiger partial charge in [0.2, 0.25) is 11.8 Å². The molecule has 7 nitrogen and oxygen atoms in total. The quantitative estimate of drug-likeness (QED) is 0.339. The van der Waals surface area contributed by atoms with Gasteiger partial charge in [-0.05, 0) is 36.4 Å². The zero-order valence-corrected chi connectivity index (χ0v) is 19.4. The number of aromatic nitrogens is 1. The Balaban J connectivity index is 1.46. The lowest BCUT2D eigenvalue weighted by molar-refractivity contribution is -0.138. The highest BCUT2D eigenvalue weighted by molar-refractivity contribution is 9.10. The molecule has 10 heteroatoms. The van der Waals surface area contributed by atoms with E-state index in [9.17, 15) is 14.4 Å². The van der Waals surface area contributed by atoms with Crippen molar-refractivity contribution in [3.8, 4) is 11.3 Å². The molecule has 0 fully saturated rings. The summed E-state index contributed by atoms with van der Waals surface area (Å²) in [5, 5.41) is 16.5. The van der Waals surface area contributed by atoms with Crippen LogP contribution in [0.5, 0.6) is 0 Å². The Kier molecular flexibility index (Phi) is 8.21. The molecular weight excluding hydrogens is 502 g/mol. The van der Waals surface area contributed by atoms with E-state index < -0.39 is 5.97 Å². The van der Waals surface area contributed by atoms with Gasteiger partial charge in [0.15, 0.2) is 5.13 Å². The maximum absolute atomic E-state index is 12.2. The maximum atomic E-state index is 12.2. The van der Waals surface area contributed by atoms with Crippen molar-refractivity contribution in [2.75, 3.05) is 16.4 Å². The minimum Gasteiger partial charge on any atom is -0.481 e. The molecule has 0 radical (unpaired) electrons. The lowest BCUT2D eigenvalue weighted by Crippen LogP contribution is -2.14. The van der Waals surface area contributed by atoms with Gasteiger partial charge in [0.25, 0.3) is 0 Å². The summed E-state index contributed by atoms with van der Waals surface area (Å²) in [5.74, 6) is -1.30. The zero-order valence-electron chi connectivity index (χ0n) is 16.1. The fraction of sp³-hybridized carbons (Fsp3) is 0.143. The van der Waals surface area contributed by atoms with Gasteiger partial charge in [-0.25, -0.2) is 4.98 Å². The molecule has 0 aliphatic heterocycles. The SMILES string of the molecule is O=C(O)CCC(=O)Nc1ccc(SCC(=O)Nc2nc(-c3ccc(Br)cc3)cs2)cc1. The normalized spacial score (nSPS) is 10.5. The maximum Gasteiger partial charge on any atom is 0.303 e. The molecule has 0 saturated heterocycles. The van der Waals surface area contributed by atoms with Gasteiger partial charge in [0, 0.05) is 32.4 Å². The first-order chi connectivity index (χ1) is 14.9. The molecule has 0 atom stereocenters. The van der Waals surface area contributed by atoms with Crippen LogP contribution in [0.3, 0.4) is 0 Å². The van der Waals surface area contributed by atoms with Crippen molar-refractivity contribution < 1.29 is 19.5 Å². The number of aliphatic carboxylic acids is 1. The van der Waals surface area contributed by atoms with E-state index in [4.69, 9.17) is 5.11 Å². The average Bonchev–Trinajstić information content (AvgIpc) is 3.20. The zero-order chi connectivity index (χ0) is 22.2. The number of anilines is 2. The molecule has 0 spiro atoms. The molecule has 0 aliphatic rings. The molecule has 3 rings (SSSR count). The van der Waals surface area contributed by atoms with E-state index in [0.717, 1.165) is 20.6 Å². The second kappa shape index (κ2) is 11.1. The minimum atomic E-state index is -1.01. The monoisotopic (exact) mass is 519 g/mol. The summed E-state index contributed by atoms with van der Waals surface area (Å²) in [5.41, 5.74) is 2.36. The summed E-state index contributed by atoms with van der Waals surface area (Å²) in [7, 11) is 0. The summed E-state index contributed by atoms with van der Waals surface area (Å²) in [6.45, 7) is 0. The lowest BCUT2D eigenvalue weighted by Gasteiger charge is -2.06. The molecule has 3 aromatic rings. The Bertz CT molecular complexity index is 1070. The number of carbonyl (C=O) groups excluding carboxylic acids is 2. The predicted octanol–water partition coefficient (Wildman–Crippen LogP) is 5.11. The minimum absolute atomic E-state index is 0.0771. The van der Waals surface area contributed by atoms with Crippen LogP contribution in [0.2, 0.25) is 0 Å². The van der Waals surface area contributed by atoms with Crippen molar-refractivity contribution in [2.45, 2.75) is 17.7 Å². The van der Waals surface area contributed by atoms with Crippen molar-refractivity contribution in [1.29, 1.82) is 0 Å². The van der Waals surface area contributed by atoms with Gasteiger partial charge in [0.05, 0.1) is 17.9 Å². The summed E-state index contributed by atoms with van der Waals surface area (Å²) in [6, 6.07) is 14.8. The Hall–Kier alpha value is -2.69. The summed E-state index contributed by atoms with van der Waals surface area (Å²) in [4.78, 5) is 39.7. The molecule has 160 valence electrons. The number of rotatable bonds is 9. The van der Waals surface area contributed by atoms with Crippen molar-refractivity contribution in [1.82, 2.24) is 4.98 Å². The second-order valence-electron chi connectivity index (χ2n) is 6.35. The van der Waals surface area contributed by atoms with E-state index in [1.54, 1.807) is 24.3 Å². The number of thiazole rings is 1. The smallest absolute Gasteiger partial charge is 0.303 e. The Morgan fingerprint density at radius 1 is 0.968 bits per heavy atom. The summed E-state index contributed by atoms with van der Waals surface area (Å²) >= 11 is 6.14. The number of nitrogens with zero attached hydrogens (tertiary/aromatic N) is 1. The van der Waals surface area contributed by atoms with Crippen LogP contribution in [0.1, 0.15) is 12.8 Å². The average molecular weight is 520 g/mol. The van der Waals surface area contributed by atoms with Crippen molar-refractivity contribution in [3.63, 3.8) is 0 Å². The fourth-order valence-corrected chi connectivity index (χ4v) is 4.17. The first-order valence-corrected chi connectivity index (χ1v) is 11.8. The van der Waals surface area contributed by atoms with E-state index in [1.165, 1.54) is 23.1 Å². The predicted molar refractivity (Wildman–Crippen MR) is 127 cm³/mol. The Labute approximate surface area is 195 Å². The standard InChI is InChI=1S/C21H18BrN3O4S2/c22-14-3-1-13(2-4-14)17-11-31-21(24-17)25-19(27)12-30-16-7-5-15(6-8-16)23-18(26)9-10-20(28)29/h1-8,11H,9-10,12H2,(H,23,26)(H,28,29)(H,24,25,27). The number of halogens is 1. The van der Waals surface area contributed by atoms with Crippen molar-refractivity contribution in [3.05, 3.63) is 58.4 Å². The highest BCUT2D eigenvalue weighted by Crippen LogP contribution is 2.26. The van der Waals surface area contributed by atoms with Crippen molar-refractivity contribution in [2.24, 2.45) is 0 Å². The van der Waals surface area contributed by atoms with Crippen LogP contribution in [0.15, 0.2) is 63.3 Å². The number of thioether (sulfide) groups is 1. The molecule has 31 heavy (non-hydrogen) atoms. The van der Waals surface area contributed by atoms with Crippen molar-refractivity contribution >= 4 is 67.6 Å². The molecule has 0 aliphatic carbocycles. The van der Waals surface area contributed by atoms with E-state index in [2.05, 4.69) is 31.5 Å². The van der Waals surface area contributed by atoms with E-state index in [0.29, 0.717) is 10.8 Å². The van der Waals surface area contributed by atoms with E-state index >= 15 is 0 Å². The van der Waals surface area contributed by atoms with Crippen LogP contribution in [-0.2, 0) is 14.4 Å². The molecular formula is C21H18BrN3O4S2. The third-order valence-electron chi connectivity index (χ3n) is 3.96. The number of carbonyl (C=O) groups is 3. The van der Waals surface area contributed by atoms with Crippen LogP contribution in [0.25, 0.3) is 11.3 Å². The second-order valence-corrected chi connectivity index (χ2v) is 9.17. The van der Waals surface area contributed by atoms with Gasteiger partial charge in [-0.1, -0.05) is 28.1 Å². The third kappa shape index (κ3) is 7.50. The molecule has 2 aromatic carbocycles. The van der Waals surface area contributed by atoms with E-state index in [-0.39, 0.29) is 30.4 Å². The van der Waals surface area contributed by atoms with Gasteiger partial charge >= 0.3 is 5.97 Å². The number of carboxylic acid groups (broad SMARTS) is 1. The van der Waals surface area contributed by atoms with Crippen LogP contribution < -0.4 is 10.6 Å². The Morgan fingerprint density at radius 2 is 1.68 bits per heavy atom. The topological polar surface area (TPSA) is 108 Å². The molecule has 0 bridgehead atoms. The molecule has 1 heterocycles. The fourth-order valence-electron chi connectivity index (χ4n) is 2.47. The first-order valence-electron chi connectivity index (χ1n) is 9.15. The highest BCUT2D eigenvalue weighted by atomic mass is 79.9. The lowest BCUT2D eigenvalue weighted by atomic mass is 10.2. The Morgan fingerprint density at radius 3 is 2.35 bits per heavy atom. The van der Waals surface area contributed by atoms with Crippen LogP contribution in [-0.4, -0.2) is 33.6 Å². The van der Waals surface area contributed by atoms with Gasteiger partial charge in [0.1, 0.15) is 0 Å². The number of hydrogen-bond donors (Lipinski definition) is 3. The molecule has 1 aromatic heterocycles. The number of carboxylic acids is 1. The van der Waals surface area contributed by atoms with Gasteiger partial charge in [-0.15, -0.1) is 23.1 Å². The number of benzene rings is 2. The largest absolute Gasteiger partial charge is 0.481 e. The highest BCUT2D eigenvalue weighted by Gasteiger charge is 2.10. The van der Waals surface area contributed by atoms with Crippen LogP contribution in [0.4, 0.5) is 10.8 Å². The van der Waals surface area contributed by atoms with Gasteiger partial charge < -0.3 is 15.7 Å². The van der Waals surface area contributed by atoms with E-state index in [1.807, 2.05) is 29.6 Å². The third-order valence-corrected chi connectivity index (χ3v) is 6.26. The molecule has 0 saturated carbocycles. The molecule has 0 unspecified atom stereocenters. The summed E-state index contributed by atoms with van der Waals surface area (Å²) < 4.78 is 0.991. The van der Waals surface area contributed by atoms with Gasteiger partial charge in [-0.3, -0.25) is 14.4 Å². The number of nitrogens with one attached hydrogen (secondary N) is 2. The molecule has 3 N–H and O–H groups in total.